The van der Waals surface area contributed by atoms with Gasteiger partial charge >= 0.3 is 0 Å². The van der Waals surface area contributed by atoms with Gasteiger partial charge in [0, 0.05) is 22.8 Å². The average molecular weight is 331 g/mol. The van der Waals surface area contributed by atoms with Gasteiger partial charge in [-0.2, -0.15) is 0 Å². The molecule has 1 heterocycles. The molecule has 1 saturated carbocycles. The number of nitrogens with one attached hydrogen (secondary N) is 1. The molecule has 0 aliphatic heterocycles. The van der Waals surface area contributed by atoms with E-state index in [4.69, 9.17) is 0 Å². The van der Waals surface area contributed by atoms with E-state index in [1.165, 1.54) is 19.3 Å². The van der Waals surface area contributed by atoms with Crippen LogP contribution in [0.3, 0.4) is 0 Å². The van der Waals surface area contributed by atoms with E-state index >= 15 is 0 Å². The summed E-state index contributed by atoms with van der Waals surface area (Å²) in [5.41, 5.74) is 1.30. The van der Waals surface area contributed by atoms with Gasteiger partial charge in [-0.05, 0) is 24.7 Å². The maximum absolute atomic E-state index is 11.5. The zero-order chi connectivity index (χ0) is 13.0. The molecule has 5 heteroatoms. The number of aryl methyl sites for hydroxylation is 1. The molecule has 0 unspecified atom stereocenters. The van der Waals surface area contributed by atoms with Crippen LogP contribution in [0.2, 0.25) is 0 Å². The lowest BCUT2D eigenvalue weighted by atomic mass is 9.72. The third kappa shape index (κ3) is 3.38. The molecule has 0 saturated heterocycles. The van der Waals surface area contributed by atoms with Crippen LogP contribution in [-0.4, -0.2) is 21.1 Å². The van der Waals surface area contributed by atoms with Crippen molar-refractivity contribution in [1.82, 2.24) is 9.97 Å². The molecule has 1 aliphatic carbocycles. The second-order valence-electron chi connectivity index (χ2n) is 5.07. The highest BCUT2D eigenvalue weighted by atomic mass is 79.9. The minimum absolute atomic E-state index is 0.0301. The van der Waals surface area contributed by atoms with Gasteiger partial charge in [-0.25, -0.2) is 4.98 Å². The number of nitrogens with zero attached hydrogens (tertiary/aromatic N) is 1. The van der Waals surface area contributed by atoms with E-state index in [-0.39, 0.29) is 5.56 Å². The van der Waals surface area contributed by atoms with E-state index in [0.29, 0.717) is 5.41 Å². The molecule has 1 N–H and O–H groups in total. The van der Waals surface area contributed by atoms with Crippen molar-refractivity contribution in [2.75, 3.05) is 11.1 Å². The Morgan fingerprint density at radius 2 is 2.33 bits per heavy atom. The molecule has 0 radical (unpaired) electrons. The molecule has 0 spiro atoms. The van der Waals surface area contributed by atoms with Crippen molar-refractivity contribution in [3.63, 3.8) is 0 Å². The third-order valence-electron chi connectivity index (χ3n) is 3.49. The SMILES string of the molecule is CCCc1cc(=O)[nH]c(SCC2(CBr)CCC2)n1. The number of aromatic nitrogens is 2. The molecule has 0 bridgehead atoms. The van der Waals surface area contributed by atoms with E-state index < -0.39 is 0 Å². The summed E-state index contributed by atoms with van der Waals surface area (Å²) >= 11 is 5.29. The Morgan fingerprint density at radius 3 is 2.89 bits per heavy atom. The molecular weight excluding hydrogens is 312 g/mol. The topological polar surface area (TPSA) is 45.8 Å². The monoisotopic (exact) mass is 330 g/mol. The van der Waals surface area contributed by atoms with E-state index in [1.807, 2.05) is 0 Å². The minimum atomic E-state index is -0.0301. The molecule has 2 rings (SSSR count). The molecule has 1 fully saturated rings. The van der Waals surface area contributed by atoms with Crippen molar-refractivity contribution in [1.29, 1.82) is 0 Å². The zero-order valence-electron chi connectivity index (χ0n) is 10.7. The van der Waals surface area contributed by atoms with Crippen LogP contribution in [-0.2, 0) is 6.42 Å². The van der Waals surface area contributed by atoms with Crippen LogP contribution >= 0.6 is 27.7 Å². The molecule has 18 heavy (non-hydrogen) atoms. The van der Waals surface area contributed by atoms with E-state index in [1.54, 1.807) is 17.8 Å². The summed E-state index contributed by atoms with van der Waals surface area (Å²) in [5, 5.41) is 1.82. The first-order valence-corrected chi connectivity index (χ1v) is 8.57. The number of rotatable bonds is 6. The molecule has 1 aromatic heterocycles. The van der Waals surface area contributed by atoms with Gasteiger partial charge in [0.1, 0.15) is 0 Å². The Morgan fingerprint density at radius 1 is 1.56 bits per heavy atom. The van der Waals surface area contributed by atoms with Crippen molar-refractivity contribution >= 4 is 27.7 Å². The Balaban J connectivity index is 2.02. The van der Waals surface area contributed by atoms with Crippen LogP contribution in [0.1, 0.15) is 38.3 Å². The summed E-state index contributed by atoms with van der Waals surface area (Å²) in [6, 6.07) is 1.61. The van der Waals surface area contributed by atoms with E-state index in [0.717, 1.165) is 34.8 Å². The van der Waals surface area contributed by atoms with Crippen molar-refractivity contribution in [3.8, 4) is 0 Å². The summed E-state index contributed by atoms with van der Waals surface area (Å²) in [6.07, 6.45) is 5.78. The predicted molar refractivity (Wildman–Crippen MR) is 79.7 cm³/mol. The minimum Gasteiger partial charge on any atom is -0.301 e. The van der Waals surface area contributed by atoms with Gasteiger partial charge in [-0.3, -0.25) is 4.79 Å². The zero-order valence-corrected chi connectivity index (χ0v) is 13.1. The number of thioether (sulfide) groups is 1. The average Bonchev–Trinajstić information content (AvgIpc) is 2.28. The van der Waals surface area contributed by atoms with Gasteiger partial charge in [-0.15, -0.1) is 0 Å². The van der Waals surface area contributed by atoms with Crippen molar-refractivity contribution < 1.29 is 0 Å². The predicted octanol–water partition coefficient (Wildman–Crippen LogP) is 3.38. The first kappa shape index (κ1) is 14.1. The highest BCUT2D eigenvalue weighted by molar-refractivity contribution is 9.09. The van der Waals surface area contributed by atoms with Gasteiger partial charge < -0.3 is 4.98 Å². The van der Waals surface area contributed by atoms with Crippen molar-refractivity contribution in [3.05, 3.63) is 22.1 Å². The number of hydrogen-bond donors (Lipinski definition) is 1. The lowest BCUT2D eigenvalue weighted by Crippen LogP contribution is -2.33. The smallest absolute Gasteiger partial charge is 0.251 e. The molecule has 1 aromatic rings. The Labute approximate surface area is 120 Å². The maximum atomic E-state index is 11.5. The van der Waals surface area contributed by atoms with Crippen LogP contribution in [0.5, 0.6) is 0 Å². The second-order valence-corrected chi connectivity index (χ2v) is 6.59. The summed E-state index contributed by atoms with van der Waals surface area (Å²) in [5.74, 6) is 1.04. The number of alkyl halides is 1. The van der Waals surface area contributed by atoms with Gasteiger partial charge in [0.2, 0.25) is 0 Å². The maximum Gasteiger partial charge on any atom is 0.251 e. The normalized spacial score (nSPS) is 17.4. The summed E-state index contributed by atoms with van der Waals surface area (Å²) in [7, 11) is 0. The second kappa shape index (κ2) is 6.24. The Bertz CT molecular complexity index is 451. The molecule has 3 nitrogen and oxygen atoms in total. The third-order valence-corrected chi connectivity index (χ3v) is 5.90. The molecule has 0 aromatic carbocycles. The number of aromatic amines is 1. The fraction of sp³-hybridized carbons (Fsp3) is 0.692. The summed E-state index contributed by atoms with van der Waals surface area (Å²) < 4.78 is 0. The molecule has 1 aliphatic rings. The fourth-order valence-electron chi connectivity index (χ4n) is 2.15. The summed E-state index contributed by atoms with van der Waals surface area (Å²) in [4.78, 5) is 18.9. The first-order valence-electron chi connectivity index (χ1n) is 6.46. The Hall–Kier alpha value is -0.290. The van der Waals surface area contributed by atoms with Gasteiger partial charge in [0.25, 0.3) is 5.56 Å². The van der Waals surface area contributed by atoms with Crippen LogP contribution in [0.4, 0.5) is 0 Å². The first-order chi connectivity index (χ1) is 8.67. The van der Waals surface area contributed by atoms with Crippen molar-refractivity contribution in [2.45, 2.75) is 44.2 Å². The highest BCUT2D eigenvalue weighted by Crippen LogP contribution is 2.45. The quantitative estimate of drug-likeness (QED) is 0.494. The summed E-state index contributed by atoms with van der Waals surface area (Å²) in [6.45, 7) is 2.10. The van der Waals surface area contributed by atoms with Crippen LogP contribution < -0.4 is 5.56 Å². The number of hydrogen-bond acceptors (Lipinski definition) is 3. The number of H-pyrrole nitrogens is 1. The van der Waals surface area contributed by atoms with Crippen LogP contribution in [0, 0.1) is 5.41 Å². The molecular formula is C13H19BrN2OS. The number of halogens is 1. The highest BCUT2D eigenvalue weighted by Gasteiger charge is 2.35. The Kier molecular flexibility index (Phi) is 4.90. The van der Waals surface area contributed by atoms with Gasteiger partial charge in [0.05, 0.1) is 0 Å². The molecule has 100 valence electrons. The van der Waals surface area contributed by atoms with Crippen molar-refractivity contribution in [2.24, 2.45) is 5.41 Å². The van der Waals surface area contributed by atoms with Gasteiger partial charge in [-0.1, -0.05) is 47.5 Å². The lowest BCUT2D eigenvalue weighted by Gasteiger charge is -2.40. The van der Waals surface area contributed by atoms with Crippen LogP contribution in [0.25, 0.3) is 0 Å². The van der Waals surface area contributed by atoms with E-state index in [9.17, 15) is 4.79 Å². The largest absolute Gasteiger partial charge is 0.301 e. The lowest BCUT2D eigenvalue weighted by molar-refractivity contribution is 0.206. The standard InChI is InChI=1S/C13H19BrN2OS/c1-2-4-10-7-11(17)16-12(15-10)18-9-13(8-14)5-3-6-13/h7H,2-6,8-9H2,1H3,(H,15,16,17). The van der Waals surface area contributed by atoms with Crippen LogP contribution in [0.15, 0.2) is 16.0 Å². The van der Waals surface area contributed by atoms with Gasteiger partial charge in [0.15, 0.2) is 5.16 Å². The fourth-order valence-corrected chi connectivity index (χ4v) is 4.36. The van der Waals surface area contributed by atoms with E-state index in [2.05, 4.69) is 32.8 Å². The molecule has 0 atom stereocenters. The molecule has 0 amide bonds.